The summed E-state index contributed by atoms with van der Waals surface area (Å²) in [5, 5.41) is 0.219. The van der Waals surface area contributed by atoms with Crippen LogP contribution in [0.25, 0.3) is 10.9 Å². The fourth-order valence-corrected chi connectivity index (χ4v) is 2.48. The lowest BCUT2D eigenvalue weighted by atomic mass is 10.2. The van der Waals surface area contributed by atoms with E-state index in [1.165, 1.54) is 12.3 Å². The van der Waals surface area contributed by atoms with Crippen LogP contribution in [0.1, 0.15) is 20.8 Å². The van der Waals surface area contributed by atoms with Crippen molar-refractivity contribution in [3.05, 3.63) is 30.5 Å². The molecule has 2 rings (SSSR count). The zero-order valence-corrected chi connectivity index (χ0v) is 12.8. The van der Waals surface area contributed by atoms with Gasteiger partial charge in [-0.15, -0.1) is 0 Å². The minimum Gasteiger partial charge on any atom is -0.443 e. The molecule has 3 nitrogen and oxygen atoms in total. The Labute approximate surface area is 123 Å². The van der Waals surface area contributed by atoms with Crippen molar-refractivity contribution >= 4 is 27.2 Å². The topological polar surface area (TPSA) is 31.2 Å². The lowest BCUT2D eigenvalue weighted by molar-refractivity contribution is 0.0544. The second-order valence-corrected chi connectivity index (χ2v) is 8.27. The number of hydrogen-bond donors (Lipinski definition) is 0. The van der Waals surface area contributed by atoms with Gasteiger partial charge in [-0.2, -0.15) is 0 Å². The minimum atomic E-state index is -9.81. The van der Waals surface area contributed by atoms with E-state index < -0.39 is 26.8 Å². The fourth-order valence-electron chi connectivity index (χ4n) is 1.82. The maximum Gasteiger partial charge on any atom is 0.418 e. The molecule has 1 aromatic heterocycles. The van der Waals surface area contributed by atoms with Crippen LogP contribution in [0, 0.1) is 0 Å². The fraction of sp³-hybridized carbons (Fsp3) is 0.308. The summed E-state index contributed by atoms with van der Waals surface area (Å²) in [5.41, 5.74) is -1.16. The van der Waals surface area contributed by atoms with Gasteiger partial charge in [0, 0.05) is 11.6 Å². The van der Waals surface area contributed by atoms with E-state index in [1.807, 2.05) is 0 Å². The van der Waals surface area contributed by atoms with Crippen LogP contribution in [0.3, 0.4) is 0 Å². The van der Waals surface area contributed by atoms with E-state index in [4.69, 9.17) is 4.74 Å². The van der Waals surface area contributed by atoms with Gasteiger partial charge in [0.1, 0.15) is 10.5 Å². The molecular formula is C13H14F5NO2S. The highest BCUT2D eigenvalue weighted by atomic mass is 32.5. The largest absolute Gasteiger partial charge is 0.443 e. The van der Waals surface area contributed by atoms with E-state index in [0.29, 0.717) is 6.07 Å². The smallest absolute Gasteiger partial charge is 0.418 e. The van der Waals surface area contributed by atoms with Crippen LogP contribution in [0.15, 0.2) is 35.4 Å². The summed E-state index contributed by atoms with van der Waals surface area (Å²) in [6.45, 7) is 4.74. The van der Waals surface area contributed by atoms with Crippen molar-refractivity contribution in [1.82, 2.24) is 4.57 Å². The van der Waals surface area contributed by atoms with Crippen molar-refractivity contribution in [2.24, 2.45) is 0 Å². The Morgan fingerprint density at radius 1 is 1.09 bits per heavy atom. The molecule has 0 N–H and O–H groups in total. The lowest BCUT2D eigenvalue weighted by Gasteiger charge is -2.40. The number of fused-ring (bicyclic) bond motifs is 1. The molecule has 2 aromatic rings. The predicted octanol–water partition coefficient (Wildman–Crippen LogP) is 6.08. The number of benzene rings is 1. The molecule has 0 amide bonds. The van der Waals surface area contributed by atoms with Crippen LogP contribution < -0.4 is 0 Å². The van der Waals surface area contributed by atoms with Crippen molar-refractivity contribution in [2.45, 2.75) is 31.3 Å². The molecule has 0 unspecified atom stereocenters. The van der Waals surface area contributed by atoms with Crippen molar-refractivity contribution in [1.29, 1.82) is 0 Å². The summed E-state index contributed by atoms with van der Waals surface area (Å²) in [7, 11) is -9.81. The quantitative estimate of drug-likeness (QED) is 0.587. The van der Waals surface area contributed by atoms with Crippen molar-refractivity contribution in [3.8, 4) is 0 Å². The normalized spacial score (nSPS) is 16.2. The van der Waals surface area contributed by atoms with E-state index in [9.17, 15) is 24.2 Å². The number of rotatable bonds is 1. The van der Waals surface area contributed by atoms with Crippen molar-refractivity contribution < 1.29 is 29.0 Å². The van der Waals surface area contributed by atoms with E-state index >= 15 is 0 Å². The maximum atomic E-state index is 12.9. The molecule has 1 aromatic carbocycles. The first-order valence-electron chi connectivity index (χ1n) is 6.15. The van der Waals surface area contributed by atoms with Gasteiger partial charge < -0.3 is 4.74 Å². The molecule has 0 fully saturated rings. The van der Waals surface area contributed by atoms with Crippen LogP contribution in [0.5, 0.6) is 0 Å². The average Bonchev–Trinajstić information content (AvgIpc) is 2.65. The van der Waals surface area contributed by atoms with Crippen LogP contribution in [-0.2, 0) is 4.74 Å². The summed E-state index contributed by atoms with van der Waals surface area (Å²) < 4.78 is 70.1. The number of nitrogens with zero attached hydrogens (tertiary/aromatic N) is 1. The molecule has 0 saturated heterocycles. The van der Waals surface area contributed by atoms with E-state index in [0.717, 1.165) is 10.6 Å². The Balaban J connectivity index is 2.59. The Kier molecular flexibility index (Phi) is 2.98. The Hall–Kier alpha value is -1.77. The van der Waals surface area contributed by atoms with Gasteiger partial charge >= 0.3 is 16.3 Å². The molecule has 1 heterocycles. The number of carbonyl (C=O) groups is 1. The number of ether oxygens (including phenoxy) is 1. The zero-order valence-electron chi connectivity index (χ0n) is 11.9. The van der Waals surface area contributed by atoms with Gasteiger partial charge in [-0.1, -0.05) is 25.5 Å². The van der Waals surface area contributed by atoms with E-state index in [1.54, 1.807) is 20.8 Å². The van der Waals surface area contributed by atoms with Gasteiger partial charge in [0.2, 0.25) is 0 Å². The maximum absolute atomic E-state index is 12.9. The van der Waals surface area contributed by atoms with Gasteiger partial charge in [0.05, 0.1) is 5.52 Å². The molecule has 0 aliphatic rings. The molecule has 0 bridgehead atoms. The van der Waals surface area contributed by atoms with Crippen LogP contribution >= 0.6 is 10.2 Å². The average molecular weight is 343 g/mol. The Bertz CT molecular complexity index is 758. The predicted molar refractivity (Wildman–Crippen MR) is 75.0 cm³/mol. The first kappa shape index (κ1) is 16.6. The van der Waals surface area contributed by atoms with Gasteiger partial charge in [-0.25, -0.2) is 4.79 Å². The first-order valence-corrected chi connectivity index (χ1v) is 8.10. The molecule has 22 heavy (non-hydrogen) atoms. The highest BCUT2D eigenvalue weighted by Gasteiger charge is 2.65. The third-order valence-electron chi connectivity index (χ3n) is 2.70. The number of aromatic nitrogens is 1. The van der Waals surface area contributed by atoms with Gasteiger partial charge in [-0.3, -0.25) is 4.57 Å². The number of hydrogen-bond acceptors (Lipinski definition) is 2. The molecule has 0 saturated carbocycles. The second-order valence-electron chi connectivity index (χ2n) is 5.86. The molecule has 9 heteroatoms. The summed E-state index contributed by atoms with van der Waals surface area (Å²) in [6.07, 6.45) is 0.232. The molecule has 0 aliphatic carbocycles. The SMILES string of the molecule is CC(C)(C)OC(=O)n1ccc2ccc(S(F)(F)(F)(F)F)cc21. The molecule has 0 aliphatic heterocycles. The molecule has 0 atom stereocenters. The third kappa shape index (κ3) is 3.52. The summed E-state index contributed by atoms with van der Waals surface area (Å²) in [4.78, 5) is 9.89. The van der Waals surface area contributed by atoms with Crippen LogP contribution in [-0.4, -0.2) is 16.3 Å². The van der Waals surface area contributed by atoms with Crippen molar-refractivity contribution in [2.75, 3.05) is 0 Å². The monoisotopic (exact) mass is 343 g/mol. The standard InChI is InChI=1S/C13H14F5NO2S/c1-13(2,3)21-12(20)19-7-6-9-4-5-10(8-11(9)19)22(14,15,16,17)18/h4-8H,1-3H3. The Morgan fingerprint density at radius 3 is 2.18 bits per heavy atom. The van der Waals surface area contributed by atoms with Crippen molar-refractivity contribution in [3.63, 3.8) is 0 Å². The summed E-state index contributed by atoms with van der Waals surface area (Å²) in [6, 6.07) is 2.81. The van der Waals surface area contributed by atoms with E-state index in [2.05, 4.69) is 0 Å². The van der Waals surface area contributed by atoms with Gasteiger partial charge in [-0.05, 0) is 39.0 Å². The molecule has 0 spiro atoms. The number of halogens is 5. The summed E-state index contributed by atoms with van der Waals surface area (Å²) >= 11 is 0. The third-order valence-corrected chi connectivity index (χ3v) is 3.85. The molecule has 124 valence electrons. The van der Waals surface area contributed by atoms with Crippen LogP contribution in [0.4, 0.5) is 24.2 Å². The summed E-state index contributed by atoms with van der Waals surface area (Å²) in [5.74, 6) is 0. The van der Waals surface area contributed by atoms with Gasteiger partial charge in [0.25, 0.3) is 0 Å². The van der Waals surface area contributed by atoms with Gasteiger partial charge in [0.15, 0.2) is 0 Å². The zero-order chi connectivity index (χ0) is 17.0. The van der Waals surface area contributed by atoms with E-state index in [-0.39, 0.29) is 17.0 Å². The highest BCUT2D eigenvalue weighted by molar-refractivity contribution is 8.45. The molecular weight excluding hydrogens is 329 g/mol. The van der Waals surface area contributed by atoms with Crippen LogP contribution in [0.2, 0.25) is 0 Å². The lowest BCUT2D eigenvalue weighted by Crippen LogP contribution is -2.26. The molecule has 0 radical (unpaired) electrons. The highest BCUT2D eigenvalue weighted by Crippen LogP contribution is 3.02. The second kappa shape index (κ2) is 3.95. The number of carbonyl (C=O) groups excluding carboxylic acids is 1. The minimum absolute atomic E-state index is 0.219. The Morgan fingerprint density at radius 2 is 1.68 bits per heavy atom. The first-order chi connectivity index (χ1) is 9.57.